The molecule has 1 aliphatic heterocycles. The maximum Gasteiger partial charge on any atom is 0.0650 e. The normalized spacial score (nSPS) is 24.9. The number of anilines is 1. The minimum Gasteiger partial charge on any atom is -0.367 e. The third-order valence-corrected chi connectivity index (χ3v) is 5.47. The first-order chi connectivity index (χ1) is 9.74. The quantitative estimate of drug-likeness (QED) is 0.840. The standard InChI is InChI=1S/C16H22BrClN2/c17-13-6-7-16(14(18)10-13)20-9-8-19-15(11-20)12-4-2-1-3-5-12/h6-7,10,12,15,19H,1-5,8-9,11H2. The van der Waals surface area contributed by atoms with E-state index in [2.05, 4.69) is 38.3 Å². The molecule has 3 rings (SSSR count). The Bertz CT molecular complexity index is 460. The van der Waals surface area contributed by atoms with E-state index in [0.29, 0.717) is 6.04 Å². The fourth-order valence-electron chi connectivity index (χ4n) is 3.59. The summed E-state index contributed by atoms with van der Waals surface area (Å²) in [5.74, 6) is 0.848. The highest BCUT2D eigenvalue weighted by atomic mass is 79.9. The van der Waals surface area contributed by atoms with Crippen LogP contribution in [-0.4, -0.2) is 25.7 Å². The maximum absolute atomic E-state index is 6.40. The molecule has 2 aliphatic rings. The van der Waals surface area contributed by atoms with Crippen molar-refractivity contribution in [2.45, 2.75) is 38.1 Å². The van der Waals surface area contributed by atoms with Gasteiger partial charge in [0.15, 0.2) is 0 Å². The van der Waals surface area contributed by atoms with Gasteiger partial charge < -0.3 is 10.2 Å². The Morgan fingerprint density at radius 1 is 1.20 bits per heavy atom. The molecule has 1 aromatic carbocycles. The van der Waals surface area contributed by atoms with E-state index in [9.17, 15) is 0 Å². The summed E-state index contributed by atoms with van der Waals surface area (Å²) in [5, 5.41) is 4.58. The van der Waals surface area contributed by atoms with Gasteiger partial charge in [-0.05, 0) is 37.0 Å². The van der Waals surface area contributed by atoms with Crippen LogP contribution in [0.3, 0.4) is 0 Å². The fraction of sp³-hybridized carbons (Fsp3) is 0.625. The summed E-state index contributed by atoms with van der Waals surface area (Å²) in [5.41, 5.74) is 1.18. The van der Waals surface area contributed by atoms with Crippen LogP contribution in [0.15, 0.2) is 22.7 Å². The van der Waals surface area contributed by atoms with E-state index < -0.39 is 0 Å². The number of piperazine rings is 1. The third kappa shape index (κ3) is 3.32. The van der Waals surface area contributed by atoms with E-state index in [0.717, 1.165) is 35.0 Å². The van der Waals surface area contributed by atoms with E-state index in [1.165, 1.54) is 37.8 Å². The molecule has 1 atom stereocenters. The van der Waals surface area contributed by atoms with Gasteiger partial charge in [0.25, 0.3) is 0 Å². The monoisotopic (exact) mass is 356 g/mol. The predicted molar refractivity (Wildman–Crippen MR) is 89.7 cm³/mol. The Morgan fingerprint density at radius 2 is 2.00 bits per heavy atom. The molecule has 0 aromatic heterocycles. The van der Waals surface area contributed by atoms with Crippen molar-refractivity contribution in [3.8, 4) is 0 Å². The predicted octanol–water partition coefficient (Wildman–Crippen LogP) is 4.46. The molecule has 110 valence electrons. The van der Waals surface area contributed by atoms with Crippen molar-refractivity contribution in [1.29, 1.82) is 0 Å². The molecule has 0 spiro atoms. The summed E-state index contributed by atoms with van der Waals surface area (Å²) in [4.78, 5) is 2.45. The highest BCUT2D eigenvalue weighted by Crippen LogP contribution is 2.32. The highest BCUT2D eigenvalue weighted by molar-refractivity contribution is 9.10. The van der Waals surface area contributed by atoms with E-state index in [4.69, 9.17) is 11.6 Å². The summed E-state index contributed by atoms with van der Waals surface area (Å²) in [6, 6.07) is 6.84. The molecule has 1 aliphatic carbocycles. The molecule has 1 saturated heterocycles. The Balaban J connectivity index is 1.71. The number of halogens is 2. The van der Waals surface area contributed by atoms with Gasteiger partial charge >= 0.3 is 0 Å². The zero-order valence-electron chi connectivity index (χ0n) is 11.7. The molecule has 2 fully saturated rings. The Morgan fingerprint density at radius 3 is 2.75 bits per heavy atom. The average molecular weight is 358 g/mol. The molecule has 0 bridgehead atoms. The summed E-state index contributed by atoms with van der Waals surface area (Å²) >= 11 is 9.88. The molecule has 1 aromatic rings. The summed E-state index contributed by atoms with van der Waals surface area (Å²) in [6.07, 6.45) is 7.01. The van der Waals surface area contributed by atoms with Gasteiger partial charge in [0.1, 0.15) is 0 Å². The zero-order valence-corrected chi connectivity index (χ0v) is 14.1. The van der Waals surface area contributed by atoms with Crippen LogP contribution >= 0.6 is 27.5 Å². The lowest BCUT2D eigenvalue weighted by atomic mass is 9.83. The van der Waals surface area contributed by atoms with Crippen LogP contribution < -0.4 is 10.2 Å². The topological polar surface area (TPSA) is 15.3 Å². The van der Waals surface area contributed by atoms with Crippen molar-refractivity contribution in [3.63, 3.8) is 0 Å². The number of benzene rings is 1. The SMILES string of the molecule is Clc1cc(Br)ccc1N1CCNC(C2CCCCC2)C1. The van der Waals surface area contributed by atoms with Crippen LogP contribution in [0.1, 0.15) is 32.1 Å². The van der Waals surface area contributed by atoms with Crippen LogP contribution in [0.4, 0.5) is 5.69 Å². The summed E-state index contributed by atoms with van der Waals surface area (Å²) in [6.45, 7) is 3.20. The smallest absolute Gasteiger partial charge is 0.0650 e. The summed E-state index contributed by atoms with van der Waals surface area (Å²) < 4.78 is 1.05. The second-order valence-corrected chi connectivity index (χ2v) is 7.32. The average Bonchev–Trinajstić information content (AvgIpc) is 2.48. The van der Waals surface area contributed by atoms with Crippen LogP contribution in [0.5, 0.6) is 0 Å². The maximum atomic E-state index is 6.40. The molecular formula is C16H22BrClN2. The first-order valence-electron chi connectivity index (χ1n) is 7.67. The van der Waals surface area contributed by atoms with Crippen molar-refractivity contribution in [1.82, 2.24) is 5.32 Å². The number of hydrogen-bond donors (Lipinski definition) is 1. The minimum atomic E-state index is 0.628. The van der Waals surface area contributed by atoms with Gasteiger partial charge in [-0.25, -0.2) is 0 Å². The van der Waals surface area contributed by atoms with Crippen molar-refractivity contribution >= 4 is 33.2 Å². The van der Waals surface area contributed by atoms with Gasteiger partial charge in [-0.2, -0.15) is 0 Å². The van der Waals surface area contributed by atoms with E-state index in [1.54, 1.807) is 0 Å². The second kappa shape index (κ2) is 6.67. The second-order valence-electron chi connectivity index (χ2n) is 6.00. The van der Waals surface area contributed by atoms with Gasteiger partial charge in [-0.1, -0.05) is 46.8 Å². The number of hydrogen-bond acceptors (Lipinski definition) is 2. The Labute approximate surface area is 135 Å². The molecule has 2 nitrogen and oxygen atoms in total. The van der Waals surface area contributed by atoms with E-state index >= 15 is 0 Å². The summed E-state index contributed by atoms with van der Waals surface area (Å²) in [7, 11) is 0. The molecule has 0 radical (unpaired) electrons. The van der Waals surface area contributed by atoms with E-state index in [1.807, 2.05) is 6.07 Å². The van der Waals surface area contributed by atoms with Crippen molar-refractivity contribution < 1.29 is 0 Å². The largest absolute Gasteiger partial charge is 0.367 e. The van der Waals surface area contributed by atoms with Crippen LogP contribution in [0, 0.1) is 5.92 Å². The Kier molecular flexibility index (Phi) is 4.90. The number of nitrogens with one attached hydrogen (secondary N) is 1. The molecule has 1 unspecified atom stereocenters. The van der Waals surface area contributed by atoms with Crippen molar-refractivity contribution in [3.05, 3.63) is 27.7 Å². The number of rotatable bonds is 2. The lowest BCUT2D eigenvalue weighted by molar-refractivity contribution is 0.257. The fourth-order valence-corrected chi connectivity index (χ4v) is 4.38. The van der Waals surface area contributed by atoms with Crippen LogP contribution in [-0.2, 0) is 0 Å². The van der Waals surface area contributed by atoms with E-state index in [-0.39, 0.29) is 0 Å². The van der Waals surface area contributed by atoms with Crippen LogP contribution in [0.2, 0.25) is 5.02 Å². The first-order valence-corrected chi connectivity index (χ1v) is 8.84. The van der Waals surface area contributed by atoms with Gasteiger partial charge in [-0.3, -0.25) is 0 Å². The first kappa shape index (κ1) is 14.7. The van der Waals surface area contributed by atoms with Crippen LogP contribution in [0.25, 0.3) is 0 Å². The molecule has 1 N–H and O–H groups in total. The highest BCUT2D eigenvalue weighted by Gasteiger charge is 2.28. The Hall–Kier alpha value is -0.250. The minimum absolute atomic E-state index is 0.628. The lowest BCUT2D eigenvalue weighted by Gasteiger charge is -2.40. The molecule has 1 heterocycles. The van der Waals surface area contributed by atoms with Crippen molar-refractivity contribution in [2.75, 3.05) is 24.5 Å². The number of nitrogens with zero attached hydrogens (tertiary/aromatic N) is 1. The zero-order chi connectivity index (χ0) is 13.9. The third-order valence-electron chi connectivity index (χ3n) is 4.67. The lowest BCUT2D eigenvalue weighted by Crippen LogP contribution is -2.54. The molecule has 1 saturated carbocycles. The molecule has 20 heavy (non-hydrogen) atoms. The van der Waals surface area contributed by atoms with Crippen molar-refractivity contribution in [2.24, 2.45) is 5.92 Å². The van der Waals surface area contributed by atoms with Gasteiger partial charge in [0.2, 0.25) is 0 Å². The van der Waals surface area contributed by atoms with Gasteiger partial charge in [0.05, 0.1) is 10.7 Å². The van der Waals surface area contributed by atoms with Gasteiger partial charge in [0, 0.05) is 30.1 Å². The molecule has 4 heteroatoms. The molecule has 0 amide bonds. The molecular weight excluding hydrogens is 336 g/mol. The van der Waals surface area contributed by atoms with Gasteiger partial charge in [-0.15, -0.1) is 0 Å².